The van der Waals surface area contributed by atoms with Crippen LogP contribution in [-0.4, -0.2) is 19.9 Å². The fourth-order valence-electron chi connectivity index (χ4n) is 1.68. The molecular weight excluding hydrogens is 288 g/mol. The Kier molecular flexibility index (Phi) is 3.93. The molecular formula is C12H13ClN2O3S. The number of benzene rings is 1. The normalized spacial score (nSPS) is 11.9. The molecule has 2 N–H and O–H groups in total. The third-order valence-electron chi connectivity index (χ3n) is 2.61. The molecule has 0 unspecified atom stereocenters. The molecule has 0 aliphatic carbocycles. The molecule has 0 amide bonds. The van der Waals surface area contributed by atoms with Crippen molar-refractivity contribution in [3.05, 3.63) is 39.6 Å². The first kappa shape index (κ1) is 14.0. The molecule has 19 heavy (non-hydrogen) atoms. The molecule has 2 rings (SSSR count). The first-order valence-electron chi connectivity index (χ1n) is 5.76. The van der Waals surface area contributed by atoms with E-state index in [4.69, 9.17) is 11.6 Å². The molecule has 0 fully saturated rings. The molecule has 0 atom stereocenters. The SMILES string of the molecule is CCCNS(=O)(=O)c1cc2ccc(=O)[nH]c2cc1Cl. The van der Waals surface area contributed by atoms with Gasteiger partial charge in [-0.3, -0.25) is 4.79 Å². The third-order valence-corrected chi connectivity index (χ3v) is 4.53. The van der Waals surface area contributed by atoms with Crippen molar-refractivity contribution < 1.29 is 8.42 Å². The zero-order chi connectivity index (χ0) is 14.0. The predicted octanol–water partition coefficient (Wildman–Crippen LogP) is 1.87. The zero-order valence-electron chi connectivity index (χ0n) is 10.2. The number of aromatic nitrogens is 1. The van der Waals surface area contributed by atoms with Gasteiger partial charge in [0.2, 0.25) is 15.6 Å². The molecule has 0 aliphatic rings. The van der Waals surface area contributed by atoms with Gasteiger partial charge in [0.15, 0.2) is 0 Å². The van der Waals surface area contributed by atoms with E-state index in [1.807, 2.05) is 6.92 Å². The molecule has 0 radical (unpaired) electrons. The minimum absolute atomic E-state index is 0.0159. The molecule has 1 aromatic carbocycles. The van der Waals surface area contributed by atoms with Crippen LogP contribution in [0.4, 0.5) is 0 Å². The smallest absolute Gasteiger partial charge is 0.248 e. The second-order valence-electron chi connectivity index (χ2n) is 4.09. The summed E-state index contributed by atoms with van der Waals surface area (Å²) in [5.41, 5.74) is 0.246. The first-order chi connectivity index (χ1) is 8.94. The van der Waals surface area contributed by atoms with Gasteiger partial charge in [-0.25, -0.2) is 13.1 Å². The lowest BCUT2D eigenvalue weighted by atomic mass is 10.2. The van der Waals surface area contributed by atoms with Crippen molar-refractivity contribution in [3.63, 3.8) is 0 Å². The van der Waals surface area contributed by atoms with Gasteiger partial charge in [-0.15, -0.1) is 0 Å². The number of fused-ring (bicyclic) bond motifs is 1. The lowest BCUT2D eigenvalue weighted by Gasteiger charge is -2.08. The lowest BCUT2D eigenvalue weighted by Crippen LogP contribution is -2.24. The number of hydrogen-bond donors (Lipinski definition) is 2. The Morgan fingerprint density at radius 2 is 2.05 bits per heavy atom. The number of pyridine rings is 1. The van der Waals surface area contributed by atoms with Gasteiger partial charge < -0.3 is 4.98 Å². The van der Waals surface area contributed by atoms with Crippen molar-refractivity contribution in [2.24, 2.45) is 0 Å². The summed E-state index contributed by atoms with van der Waals surface area (Å²) in [5, 5.41) is 0.693. The number of aromatic amines is 1. The van der Waals surface area contributed by atoms with Crippen LogP contribution in [0.1, 0.15) is 13.3 Å². The van der Waals surface area contributed by atoms with E-state index in [0.717, 1.165) is 0 Å². The Labute approximate surface area is 115 Å². The highest BCUT2D eigenvalue weighted by molar-refractivity contribution is 7.89. The molecule has 0 spiro atoms. The summed E-state index contributed by atoms with van der Waals surface area (Å²) in [7, 11) is -3.63. The molecule has 0 saturated carbocycles. The van der Waals surface area contributed by atoms with Gasteiger partial charge in [-0.1, -0.05) is 18.5 Å². The van der Waals surface area contributed by atoms with Crippen LogP contribution in [0.3, 0.4) is 0 Å². The van der Waals surface area contributed by atoms with E-state index >= 15 is 0 Å². The van der Waals surface area contributed by atoms with Crippen LogP contribution in [0.5, 0.6) is 0 Å². The van der Waals surface area contributed by atoms with Gasteiger partial charge >= 0.3 is 0 Å². The lowest BCUT2D eigenvalue weighted by molar-refractivity contribution is 0.581. The maximum absolute atomic E-state index is 12.1. The van der Waals surface area contributed by atoms with Crippen LogP contribution in [0.15, 0.2) is 34.0 Å². The average Bonchev–Trinajstić information content (AvgIpc) is 2.35. The fraction of sp³-hybridized carbons (Fsp3) is 0.250. The molecule has 102 valence electrons. The Morgan fingerprint density at radius 1 is 1.32 bits per heavy atom. The van der Waals surface area contributed by atoms with Crippen LogP contribution in [0.2, 0.25) is 5.02 Å². The van der Waals surface area contributed by atoms with Crippen LogP contribution in [0.25, 0.3) is 10.9 Å². The molecule has 1 heterocycles. The molecule has 5 nitrogen and oxygen atoms in total. The molecule has 0 bridgehead atoms. The van der Waals surface area contributed by atoms with Crippen LogP contribution >= 0.6 is 11.6 Å². The summed E-state index contributed by atoms with van der Waals surface area (Å²) in [5.74, 6) is 0. The monoisotopic (exact) mass is 300 g/mol. The van der Waals surface area contributed by atoms with E-state index in [-0.39, 0.29) is 15.5 Å². The number of sulfonamides is 1. The maximum Gasteiger partial charge on any atom is 0.248 e. The highest BCUT2D eigenvalue weighted by atomic mass is 35.5. The van der Waals surface area contributed by atoms with E-state index in [1.165, 1.54) is 18.2 Å². The summed E-state index contributed by atoms with van der Waals surface area (Å²) in [6, 6.07) is 5.79. The van der Waals surface area contributed by atoms with Crippen molar-refractivity contribution >= 4 is 32.5 Å². The minimum atomic E-state index is -3.63. The summed E-state index contributed by atoms with van der Waals surface area (Å²) < 4.78 is 26.6. The molecule has 2 aromatic rings. The van der Waals surface area contributed by atoms with Crippen LogP contribution in [0, 0.1) is 0 Å². The Hall–Kier alpha value is -1.37. The van der Waals surface area contributed by atoms with E-state index < -0.39 is 10.0 Å². The quantitative estimate of drug-likeness (QED) is 0.904. The largest absolute Gasteiger partial charge is 0.322 e. The number of halogens is 1. The van der Waals surface area contributed by atoms with Gasteiger partial charge in [-0.05, 0) is 30.0 Å². The van der Waals surface area contributed by atoms with Gasteiger partial charge in [0.25, 0.3) is 0 Å². The average molecular weight is 301 g/mol. The van der Waals surface area contributed by atoms with Gasteiger partial charge in [0.05, 0.1) is 5.02 Å². The summed E-state index contributed by atoms with van der Waals surface area (Å²) in [6.45, 7) is 2.22. The van der Waals surface area contributed by atoms with Crippen molar-refractivity contribution in [1.29, 1.82) is 0 Å². The summed E-state index contributed by atoms with van der Waals surface area (Å²) in [4.78, 5) is 13.8. The van der Waals surface area contributed by atoms with E-state index in [0.29, 0.717) is 23.9 Å². The van der Waals surface area contributed by atoms with Gasteiger partial charge in [-0.2, -0.15) is 0 Å². The second kappa shape index (κ2) is 5.32. The second-order valence-corrected chi connectivity index (χ2v) is 6.23. The standard InChI is InChI=1S/C12H13ClN2O3S/c1-2-5-14-19(17,18)11-6-8-3-4-12(16)15-10(8)7-9(11)13/h3-4,6-7,14H,2,5H2,1H3,(H,15,16). The highest BCUT2D eigenvalue weighted by Gasteiger charge is 2.18. The molecule has 0 saturated heterocycles. The third kappa shape index (κ3) is 2.97. The van der Waals surface area contributed by atoms with Crippen molar-refractivity contribution in [2.75, 3.05) is 6.54 Å². The Bertz CT molecular complexity index is 768. The topological polar surface area (TPSA) is 79.0 Å². The fourth-order valence-corrected chi connectivity index (χ4v) is 3.37. The highest BCUT2D eigenvalue weighted by Crippen LogP contribution is 2.25. The van der Waals surface area contributed by atoms with E-state index in [2.05, 4.69) is 9.71 Å². The number of rotatable bonds is 4. The summed E-state index contributed by atoms with van der Waals surface area (Å²) in [6.07, 6.45) is 0.692. The predicted molar refractivity (Wildman–Crippen MR) is 75.1 cm³/mol. The van der Waals surface area contributed by atoms with Crippen molar-refractivity contribution in [2.45, 2.75) is 18.2 Å². The molecule has 1 aromatic heterocycles. The van der Waals surface area contributed by atoms with E-state index in [1.54, 1.807) is 6.07 Å². The molecule has 7 heteroatoms. The maximum atomic E-state index is 12.1. The van der Waals surface area contributed by atoms with Crippen molar-refractivity contribution in [3.8, 4) is 0 Å². The molecule has 0 aliphatic heterocycles. The number of H-pyrrole nitrogens is 1. The summed E-state index contributed by atoms with van der Waals surface area (Å²) >= 11 is 5.98. The Balaban J connectivity index is 2.59. The van der Waals surface area contributed by atoms with Crippen LogP contribution in [-0.2, 0) is 10.0 Å². The van der Waals surface area contributed by atoms with Gasteiger partial charge in [0, 0.05) is 18.1 Å². The zero-order valence-corrected chi connectivity index (χ0v) is 11.8. The number of nitrogens with one attached hydrogen (secondary N) is 2. The Morgan fingerprint density at radius 3 is 2.74 bits per heavy atom. The minimum Gasteiger partial charge on any atom is -0.322 e. The first-order valence-corrected chi connectivity index (χ1v) is 7.62. The van der Waals surface area contributed by atoms with Gasteiger partial charge in [0.1, 0.15) is 4.90 Å². The van der Waals surface area contributed by atoms with E-state index in [9.17, 15) is 13.2 Å². The number of hydrogen-bond acceptors (Lipinski definition) is 3. The van der Waals surface area contributed by atoms with Crippen molar-refractivity contribution in [1.82, 2.24) is 9.71 Å². The van der Waals surface area contributed by atoms with Crippen LogP contribution < -0.4 is 10.3 Å².